The second-order valence-corrected chi connectivity index (χ2v) is 9.09. The standard InChI is InChI=1S/C12H15ClN2O2S3/c1-14-6-10-5-11(8-18-10)20(16,17)15(2)7-9-3-4-12(13)19-9/h3-5,8,14H,6-7H2,1-2H3. The van der Waals surface area contributed by atoms with E-state index in [0.29, 0.717) is 22.3 Å². The van der Waals surface area contributed by atoms with E-state index >= 15 is 0 Å². The highest BCUT2D eigenvalue weighted by Gasteiger charge is 2.22. The smallest absolute Gasteiger partial charge is 0.243 e. The van der Waals surface area contributed by atoms with Crippen LogP contribution >= 0.6 is 34.3 Å². The van der Waals surface area contributed by atoms with Crippen molar-refractivity contribution in [2.24, 2.45) is 0 Å². The molecule has 2 aromatic heterocycles. The Hall–Kier alpha value is -0.440. The van der Waals surface area contributed by atoms with Crippen molar-refractivity contribution in [2.75, 3.05) is 14.1 Å². The quantitative estimate of drug-likeness (QED) is 0.871. The van der Waals surface area contributed by atoms with Crippen molar-refractivity contribution in [3.8, 4) is 0 Å². The molecule has 4 nitrogen and oxygen atoms in total. The fourth-order valence-electron chi connectivity index (χ4n) is 1.68. The first kappa shape index (κ1) is 15.9. The van der Waals surface area contributed by atoms with Gasteiger partial charge in [0.15, 0.2) is 0 Å². The van der Waals surface area contributed by atoms with Gasteiger partial charge in [-0.15, -0.1) is 22.7 Å². The van der Waals surface area contributed by atoms with Gasteiger partial charge in [0.05, 0.1) is 9.23 Å². The Labute approximate surface area is 132 Å². The third kappa shape index (κ3) is 3.60. The average molecular weight is 351 g/mol. The van der Waals surface area contributed by atoms with Crippen LogP contribution in [0.25, 0.3) is 0 Å². The third-order valence-electron chi connectivity index (χ3n) is 2.70. The highest BCUT2D eigenvalue weighted by molar-refractivity contribution is 7.89. The van der Waals surface area contributed by atoms with Gasteiger partial charge >= 0.3 is 0 Å². The molecule has 0 fully saturated rings. The zero-order valence-electron chi connectivity index (χ0n) is 11.1. The molecule has 0 aliphatic carbocycles. The fourth-order valence-corrected chi connectivity index (χ4v) is 5.33. The van der Waals surface area contributed by atoms with E-state index in [2.05, 4.69) is 5.32 Å². The number of nitrogens with zero attached hydrogens (tertiary/aromatic N) is 1. The minimum atomic E-state index is -3.45. The number of hydrogen-bond donors (Lipinski definition) is 1. The maximum Gasteiger partial charge on any atom is 0.243 e. The van der Waals surface area contributed by atoms with Crippen LogP contribution in [0.3, 0.4) is 0 Å². The van der Waals surface area contributed by atoms with Crippen molar-refractivity contribution >= 4 is 44.3 Å². The van der Waals surface area contributed by atoms with Crippen molar-refractivity contribution in [3.63, 3.8) is 0 Å². The van der Waals surface area contributed by atoms with Crippen LogP contribution in [0.15, 0.2) is 28.5 Å². The summed E-state index contributed by atoms with van der Waals surface area (Å²) in [6.07, 6.45) is 0. The maximum atomic E-state index is 12.4. The van der Waals surface area contributed by atoms with Crippen LogP contribution in [0.4, 0.5) is 0 Å². The molecule has 0 amide bonds. The Morgan fingerprint density at radius 1 is 1.35 bits per heavy atom. The predicted molar refractivity (Wildman–Crippen MR) is 85.1 cm³/mol. The first-order valence-corrected chi connectivity index (χ1v) is 9.37. The first-order valence-electron chi connectivity index (χ1n) is 5.86. The van der Waals surface area contributed by atoms with Gasteiger partial charge in [-0.1, -0.05) is 11.6 Å². The van der Waals surface area contributed by atoms with E-state index in [-0.39, 0.29) is 0 Å². The van der Waals surface area contributed by atoms with E-state index in [4.69, 9.17) is 11.6 Å². The zero-order chi connectivity index (χ0) is 14.8. The predicted octanol–water partition coefficient (Wildman–Crippen LogP) is 3.00. The lowest BCUT2D eigenvalue weighted by Gasteiger charge is -2.15. The number of hydrogen-bond acceptors (Lipinski definition) is 5. The van der Waals surface area contributed by atoms with Crippen molar-refractivity contribution in [3.05, 3.63) is 37.7 Å². The van der Waals surface area contributed by atoms with E-state index in [0.717, 1.165) is 9.75 Å². The summed E-state index contributed by atoms with van der Waals surface area (Å²) >= 11 is 8.69. The lowest BCUT2D eigenvalue weighted by atomic mass is 10.5. The summed E-state index contributed by atoms with van der Waals surface area (Å²) in [7, 11) is -0.0302. The van der Waals surface area contributed by atoms with Crippen LogP contribution in [0.5, 0.6) is 0 Å². The molecule has 0 spiro atoms. The summed E-state index contributed by atoms with van der Waals surface area (Å²) in [4.78, 5) is 2.27. The lowest BCUT2D eigenvalue weighted by molar-refractivity contribution is 0.470. The Morgan fingerprint density at radius 2 is 2.10 bits per heavy atom. The van der Waals surface area contributed by atoms with E-state index in [9.17, 15) is 8.42 Å². The number of rotatable bonds is 6. The molecule has 0 radical (unpaired) electrons. The Morgan fingerprint density at radius 3 is 2.70 bits per heavy atom. The van der Waals surface area contributed by atoms with Gasteiger partial charge in [0.1, 0.15) is 0 Å². The van der Waals surface area contributed by atoms with Crippen LogP contribution in [0, 0.1) is 0 Å². The van der Waals surface area contributed by atoms with E-state index in [1.807, 2.05) is 13.1 Å². The molecule has 0 unspecified atom stereocenters. The molecular formula is C12H15ClN2O2S3. The van der Waals surface area contributed by atoms with E-state index < -0.39 is 10.0 Å². The summed E-state index contributed by atoms with van der Waals surface area (Å²) in [5.41, 5.74) is 0. The summed E-state index contributed by atoms with van der Waals surface area (Å²) < 4.78 is 26.9. The molecule has 0 bridgehead atoms. The molecular weight excluding hydrogens is 336 g/mol. The number of thiophene rings is 2. The number of sulfonamides is 1. The van der Waals surface area contributed by atoms with Crippen molar-refractivity contribution in [1.82, 2.24) is 9.62 Å². The highest BCUT2D eigenvalue weighted by atomic mass is 35.5. The molecule has 8 heteroatoms. The van der Waals surface area contributed by atoms with E-state index in [1.165, 1.54) is 27.0 Å². The minimum Gasteiger partial charge on any atom is -0.315 e. The SMILES string of the molecule is CNCc1cc(S(=O)(=O)N(C)Cc2ccc(Cl)s2)cs1. The largest absolute Gasteiger partial charge is 0.315 e. The Kier molecular flexibility index (Phi) is 5.22. The van der Waals surface area contributed by atoms with Crippen LogP contribution in [0.1, 0.15) is 9.75 Å². The molecule has 1 N–H and O–H groups in total. The molecule has 0 saturated carbocycles. The molecule has 0 aromatic carbocycles. The van der Waals surface area contributed by atoms with Gasteiger partial charge in [-0.25, -0.2) is 8.42 Å². The van der Waals surface area contributed by atoms with Gasteiger partial charge in [-0.2, -0.15) is 4.31 Å². The molecule has 2 rings (SSSR count). The Bertz CT molecular complexity index is 678. The summed E-state index contributed by atoms with van der Waals surface area (Å²) in [6, 6.07) is 5.34. The molecule has 110 valence electrons. The summed E-state index contributed by atoms with van der Waals surface area (Å²) in [6.45, 7) is 1.00. The van der Waals surface area contributed by atoms with Gasteiger partial charge in [-0.3, -0.25) is 0 Å². The molecule has 0 saturated heterocycles. The van der Waals surface area contributed by atoms with Crippen LogP contribution < -0.4 is 5.32 Å². The summed E-state index contributed by atoms with van der Waals surface area (Å²) in [5.74, 6) is 0. The third-order valence-corrected chi connectivity index (χ3v) is 6.78. The average Bonchev–Trinajstić information content (AvgIpc) is 2.99. The van der Waals surface area contributed by atoms with Crippen LogP contribution in [-0.2, 0) is 23.1 Å². The van der Waals surface area contributed by atoms with Gasteiger partial charge in [0, 0.05) is 35.3 Å². The molecule has 0 aliphatic heterocycles. The van der Waals surface area contributed by atoms with Crippen molar-refractivity contribution in [2.45, 2.75) is 18.0 Å². The first-order chi connectivity index (χ1) is 9.43. The molecule has 2 aromatic rings. The second-order valence-electron chi connectivity index (χ2n) is 4.25. The molecule has 2 heterocycles. The zero-order valence-corrected chi connectivity index (χ0v) is 14.3. The van der Waals surface area contributed by atoms with Gasteiger partial charge in [-0.05, 0) is 25.2 Å². The maximum absolute atomic E-state index is 12.4. The van der Waals surface area contributed by atoms with Crippen LogP contribution in [-0.4, -0.2) is 26.8 Å². The van der Waals surface area contributed by atoms with Crippen LogP contribution in [0.2, 0.25) is 4.34 Å². The van der Waals surface area contributed by atoms with Crippen molar-refractivity contribution in [1.29, 1.82) is 0 Å². The molecule has 0 atom stereocenters. The normalized spacial score (nSPS) is 12.2. The van der Waals surface area contributed by atoms with Gasteiger partial charge < -0.3 is 5.32 Å². The molecule has 0 aliphatic rings. The van der Waals surface area contributed by atoms with Crippen molar-refractivity contribution < 1.29 is 8.42 Å². The second kappa shape index (κ2) is 6.55. The number of halogens is 1. The minimum absolute atomic E-state index is 0.330. The highest BCUT2D eigenvalue weighted by Crippen LogP contribution is 2.26. The Balaban J connectivity index is 2.15. The number of nitrogens with one attached hydrogen (secondary N) is 1. The summed E-state index contributed by atoms with van der Waals surface area (Å²) in [5, 5.41) is 4.69. The fraction of sp³-hybridized carbons (Fsp3) is 0.333. The van der Waals surface area contributed by atoms with E-state index in [1.54, 1.807) is 24.6 Å². The monoisotopic (exact) mass is 350 g/mol. The molecule has 20 heavy (non-hydrogen) atoms. The topological polar surface area (TPSA) is 49.4 Å². The van der Waals surface area contributed by atoms with Gasteiger partial charge in [0.25, 0.3) is 0 Å². The lowest BCUT2D eigenvalue weighted by Crippen LogP contribution is -2.25. The van der Waals surface area contributed by atoms with Gasteiger partial charge in [0.2, 0.25) is 10.0 Å².